The normalized spacial score (nSPS) is 17.0. The number of halogens is 1. The van der Waals surface area contributed by atoms with E-state index in [1.807, 2.05) is 12.1 Å². The Morgan fingerprint density at radius 2 is 1.85 bits per heavy atom. The van der Waals surface area contributed by atoms with Crippen molar-refractivity contribution in [1.29, 1.82) is 0 Å². The molecule has 2 aromatic carbocycles. The van der Waals surface area contributed by atoms with Gasteiger partial charge < -0.3 is 20.1 Å². The van der Waals surface area contributed by atoms with Crippen molar-refractivity contribution < 1.29 is 18.7 Å². The Morgan fingerprint density at radius 3 is 2.62 bits per heavy atom. The number of carbonyl (C=O) groups excluding carboxylic acids is 1. The molecule has 0 saturated carbocycles. The monoisotopic (exact) mass is 354 g/mol. The third-order valence-corrected chi connectivity index (χ3v) is 4.36. The molecular weight excluding hydrogens is 335 g/mol. The number of fused-ring (bicyclic) bond motifs is 2. The average molecular weight is 354 g/mol. The summed E-state index contributed by atoms with van der Waals surface area (Å²) in [5.74, 6) is 0.847. The molecule has 4 rings (SSSR count). The fourth-order valence-corrected chi connectivity index (χ4v) is 3.11. The van der Waals surface area contributed by atoms with Crippen LogP contribution in [0.4, 0.5) is 10.1 Å². The summed E-state index contributed by atoms with van der Waals surface area (Å²) in [5, 5.41) is 6.01. The quantitative estimate of drug-likeness (QED) is 0.814. The summed E-state index contributed by atoms with van der Waals surface area (Å²) in [6.07, 6.45) is 3.22. The Balaban J connectivity index is 1.60. The Morgan fingerprint density at radius 1 is 1.12 bits per heavy atom. The first-order chi connectivity index (χ1) is 12.7. The van der Waals surface area contributed by atoms with Gasteiger partial charge in [-0.2, -0.15) is 0 Å². The number of anilines is 1. The number of benzene rings is 2. The zero-order valence-electron chi connectivity index (χ0n) is 14.2. The minimum absolute atomic E-state index is 0.279. The molecule has 0 aliphatic carbocycles. The van der Waals surface area contributed by atoms with Crippen molar-refractivity contribution in [1.82, 2.24) is 5.32 Å². The van der Waals surface area contributed by atoms with Gasteiger partial charge in [0, 0.05) is 36.0 Å². The summed E-state index contributed by atoms with van der Waals surface area (Å²) in [5.41, 5.74) is 3.34. The summed E-state index contributed by atoms with van der Waals surface area (Å²) in [6, 6.07) is 9.60. The van der Waals surface area contributed by atoms with Gasteiger partial charge in [0.25, 0.3) is 0 Å². The summed E-state index contributed by atoms with van der Waals surface area (Å²) in [6.45, 7) is 2.00. The van der Waals surface area contributed by atoms with E-state index in [0.717, 1.165) is 42.0 Å². The van der Waals surface area contributed by atoms with E-state index in [-0.39, 0.29) is 11.7 Å². The lowest BCUT2D eigenvalue weighted by molar-refractivity contribution is -0.111. The fraction of sp³-hybridized carbons (Fsp3) is 0.250. The number of hydrogen-bond acceptors (Lipinski definition) is 4. The van der Waals surface area contributed by atoms with E-state index >= 15 is 0 Å². The van der Waals surface area contributed by atoms with Gasteiger partial charge in [-0.1, -0.05) is 0 Å². The van der Waals surface area contributed by atoms with Gasteiger partial charge in [0.05, 0.1) is 13.2 Å². The average Bonchev–Trinajstić information content (AvgIpc) is 2.87. The molecule has 0 radical (unpaired) electrons. The second-order valence-electron chi connectivity index (χ2n) is 6.24. The van der Waals surface area contributed by atoms with E-state index < -0.39 is 0 Å². The highest BCUT2D eigenvalue weighted by molar-refractivity contribution is 6.04. The number of amides is 1. The Hall–Kier alpha value is -3.02. The van der Waals surface area contributed by atoms with E-state index in [1.165, 1.54) is 30.3 Å². The largest absolute Gasteiger partial charge is 0.490 e. The number of nitrogens with one attached hydrogen (secondary N) is 2. The van der Waals surface area contributed by atoms with Gasteiger partial charge in [-0.25, -0.2) is 4.39 Å². The molecule has 26 heavy (non-hydrogen) atoms. The van der Waals surface area contributed by atoms with Crippen molar-refractivity contribution in [2.45, 2.75) is 12.8 Å². The van der Waals surface area contributed by atoms with Crippen molar-refractivity contribution in [2.75, 3.05) is 25.1 Å². The summed E-state index contributed by atoms with van der Waals surface area (Å²) in [7, 11) is 0. The minimum atomic E-state index is -0.341. The topological polar surface area (TPSA) is 59.6 Å². The molecule has 2 aliphatic rings. The van der Waals surface area contributed by atoms with Crippen LogP contribution in [0, 0.1) is 5.82 Å². The lowest BCUT2D eigenvalue weighted by Crippen LogP contribution is -2.24. The Labute approximate surface area is 150 Å². The highest BCUT2D eigenvalue weighted by Crippen LogP contribution is 2.36. The molecule has 2 heterocycles. The van der Waals surface area contributed by atoms with Crippen LogP contribution >= 0.6 is 0 Å². The molecule has 0 spiro atoms. The van der Waals surface area contributed by atoms with E-state index in [1.54, 1.807) is 0 Å². The van der Waals surface area contributed by atoms with Crippen LogP contribution in [0.1, 0.15) is 17.5 Å². The molecule has 0 aromatic heterocycles. The maximum Gasteiger partial charge on any atom is 0.250 e. The predicted molar refractivity (Wildman–Crippen MR) is 96.8 cm³/mol. The van der Waals surface area contributed by atoms with E-state index in [0.29, 0.717) is 24.7 Å². The van der Waals surface area contributed by atoms with E-state index in [9.17, 15) is 9.18 Å². The molecular formula is C20H19FN2O3. The van der Waals surface area contributed by atoms with Crippen LogP contribution in [0.5, 0.6) is 11.5 Å². The van der Waals surface area contributed by atoms with Crippen molar-refractivity contribution >= 4 is 17.3 Å². The molecule has 5 nitrogen and oxygen atoms in total. The molecule has 0 saturated heterocycles. The van der Waals surface area contributed by atoms with Gasteiger partial charge in [0.15, 0.2) is 11.5 Å². The predicted octanol–water partition coefficient (Wildman–Crippen LogP) is 3.11. The molecule has 6 heteroatoms. The molecule has 2 aromatic rings. The smallest absolute Gasteiger partial charge is 0.250 e. The maximum atomic E-state index is 13.0. The van der Waals surface area contributed by atoms with E-state index in [2.05, 4.69) is 10.6 Å². The molecule has 0 fully saturated rings. The summed E-state index contributed by atoms with van der Waals surface area (Å²) >= 11 is 0. The fourth-order valence-electron chi connectivity index (χ4n) is 3.11. The molecule has 134 valence electrons. The van der Waals surface area contributed by atoms with Gasteiger partial charge in [-0.05, 0) is 48.4 Å². The zero-order valence-corrected chi connectivity index (χ0v) is 14.2. The van der Waals surface area contributed by atoms with Crippen LogP contribution in [0.2, 0.25) is 0 Å². The third-order valence-electron chi connectivity index (χ3n) is 4.36. The third kappa shape index (κ3) is 3.49. The molecule has 2 N–H and O–H groups in total. The van der Waals surface area contributed by atoms with Crippen LogP contribution in [0.25, 0.3) is 5.70 Å². The molecule has 0 atom stereocenters. The van der Waals surface area contributed by atoms with Crippen LogP contribution in [0.15, 0.2) is 42.5 Å². The number of carbonyl (C=O) groups is 1. The molecule has 2 aliphatic heterocycles. The van der Waals surface area contributed by atoms with Crippen LogP contribution in [-0.2, 0) is 11.2 Å². The highest BCUT2D eigenvalue weighted by Gasteiger charge is 2.20. The zero-order chi connectivity index (χ0) is 17.9. The standard InChI is InChI=1S/C20H19FN2O3/c21-14-2-4-15(5-3-14)23-20(24)12-17-16-11-19-18(25-8-1-9-26-19)10-13(16)6-7-22-17/h2-5,10-12,22H,1,6-9H2,(H,23,24)/b17-12-. The summed E-state index contributed by atoms with van der Waals surface area (Å²) in [4.78, 5) is 12.3. The molecule has 1 amide bonds. The number of hydrogen-bond donors (Lipinski definition) is 2. The molecule has 0 bridgehead atoms. The lowest BCUT2D eigenvalue weighted by atomic mass is 9.96. The van der Waals surface area contributed by atoms with Crippen LogP contribution in [-0.4, -0.2) is 25.7 Å². The van der Waals surface area contributed by atoms with Crippen LogP contribution in [0.3, 0.4) is 0 Å². The van der Waals surface area contributed by atoms with Crippen molar-refractivity contribution in [2.24, 2.45) is 0 Å². The second kappa shape index (κ2) is 7.07. The van der Waals surface area contributed by atoms with Crippen molar-refractivity contribution in [3.05, 3.63) is 59.4 Å². The van der Waals surface area contributed by atoms with Gasteiger partial charge >= 0.3 is 0 Å². The van der Waals surface area contributed by atoms with Gasteiger partial charge in [0.1, 0.15) is 5.82 Å². The first-order valence-corrected chi connectivity index (χ1v) is 8.64. The van der Waals surface area contributed by atoms with Crippen LogP contribution < -0.4 is 20.1 Å². The first-order valence-electron chi connectivity index (χ1n) is 8.64. The number of rotatable bonds is 2. The van der Waals surface area contributed by atoms with Crippen molar-refractivity contribution in [3.8, 4) is 11.5 Å². The van der Waals surface area contributed by atoms with Gasteiger partial charge in [0.2, 0.25) is 5.91 Å². The van der Waals surface area contributed by atoms with Gasteiger partial charge in [-0.15, -0.1) is 0 Å². The summed E-state index contributed by atoms with van der Waals surface area (Å²) < 4.78 is 24.5. The lowest BCUT2D eigenvalue weighted by Gasteiger charge is -2.23. The van der Waals surface area contributed by atoms with E-state index in [4.69, 9.17) is 9.47 Å². The highest BCUT2D eigenvalue weighted by atomic mass is 19.1. The maximum absolute atomic E-state index is 13.0. The second-order valence-corrected chi connectivity index (χ2v) is 6.24. The molecule has 0 unspecified atom stereocenters. The van der Waals surface area contributed by atoms with Crippen molar-refractivity contribution in [3.63, 3.8) is 0 Å². The Kier molecular flexibility index (Phi) is 4.48. The Bertz CT molecular complexity index is 862. The number of ether oxygens (including phenoxy) is 2. The SMILES string of the molecule is O=C(/C=C1\NCCc2cc3c(cc21)OCCCO3)Nc1ccc(F)cc1. The van der Waals surface area contributed by atoms with Gasteiger partial charge in [-0.3, -0.25) is 4.79 Å². The first kappa shape index (κ1) is 16.4. The minimum Gasteiger partial charge on any atom is -0.490 e.